The SMILES string of the molecule is CN(C)C1CCN(c2ccc(Nc3nccc(-c4c(-c5cccc(NC(=O)C(N)c6cccs6)c5)nc5ccccn45)n3)cc2)CC1. The summed E-state index contributed by atoms with van der Waals surface area (Å²) in [5.41, 5.74) is 12.9. The lowest BCUT2D eigenvalue weighted by Gasteiger charge is -2.36. The van der Waals surface area contributed by atoms with Crippen LogP contribution in [0.15, 0.2) is 103 Å². The van der Waals surface area contributed by atoms with Crippen LogP contribution in [0.4, 0.5) is 23.0 Å². The van der Waals surface area contributed by atoms with Gasteiger partial charge in [0.25, 0.3) is 0 Å². The van der Waals surface area contributed by atoms with E-state index in [9.17, 15) is 4.79 Å². The van der Waals surface area contributed by atoms with Gasteiger partial charge in [-0.15, -0.1) is 11.3 Å². The first-order valence-corrected chi connectivity index (χ1v) is 16.6. The molecule has 0 aliphatic carbocycles. The summed E-state index contributed by atoms with van der Waals surface area (Å²) in [6.07, 6.45) is 6.06. The van der Waals surface area contributed by atoms with Crippen LogP contribution in [0.3, 0.4) is 0 Å². The Hall–Kier alpha value is -5.10. The quantitative estimate of drug-likeness (QED) is 0.165. The van der Waals surface area contributed by atoms with Gasteiger partial charge in [0.15, 0.2) is 0 Å². The number of amides is 1. The molecule has 5 heterocycles. The second kappa shape index (κ2) is 13.3. The molecule has 4 N–H and O–H groups in total. The van der Waals surface area contributed by atoms with Crippen LogP contribution >= 0.6 is 11.3 Å². The predicted molar refractivity (Wildman–Crippen MR) is 190 cm³/mol. The van der Waals surface area contributed by atoms with Crippen LogP contribution in [-0.2, 0) is 4.79 Å². The highest BCUT2D eigenvalue weighted by atomic mass is 32.1. The van der Waals surface area contributed by atoms with Crippen molar-refractivity contribution < 1.29 is 4.79 Å². The van der Waals surface area contributed by atoms with E-state index < -0.39 is 6.04 Å². The van der Waals surface area contributed by atoms with Crippen molar-refractivity contribution >= 4 is 45.9 Å². The highest BCUT2D eigenvalue weighted by molar-refractivity contribution is 7.10. The van der Waals surface area contributed by atoms with Gasteiger partial charge in [0, 0.05) is 59.0 Å². The third-order valence-corrected chi connectivity index (χ3v) is 9.60. The van der Waals surface area contributed by atoms with Crippen molar-refractivity contribution in [3.63, 3.8) is 0 Å². The summed E-state index contributed by atoms with van der Waals surface area (Å²) in [5, 5.41) is 8.26. The molecule has 1 atom stereocenters. The molecule has 1 aliphatic rings. The topological polar surface area (TPSA) is 117 Å². The number of rotatable bonds is 9. The van der Waals surface area contributed by atoms with Crippen LogP contribution in [0.25, 0.3) is 28.3 Å². The Morgan fingerprint density at radius 2 is 1.79 bits per heavy atom. The number of thiophene rings is 1. The fourth-order valence-electron chi connectivity index (χ4n) is 6.08. The number of nitrogens with one attached hydrogen (secondary N) is 2. The molecule has 1 unspecified atom stereocenters. The molecule has 1 fully saturated rings. The van der Waals surface area contributed by atoms with Gasteiger partial charge >= 0.3 is 0 Å². The number of carbonyl (C=O) groups is 1. The number of benzene rings is 2. The summed E-state index contributed by atoms with van der Waals surface area (Å²) in [6, 6.07) is 27.5. The second-order valence-electron chi connectivity index (χ2n) is 11.9. The lowest BCUT2D eigenvalue weighted by molar-refractivity contribution is -0.117. The van der Waals surface area contributed by atoms with E-state index in [0.717, 1.165) is 46.3 Å². The molecule has 1 saturated heterocycles. The van der Waals surface area contributed by atoms with E-state index >= 15 is 0 Å². The number of nitrogens with zero attached hydrogens (tertiary/aromatic N) is 6. The van der Waals surface area contributed by atoms with E-state index in [2.05, 4.69) is 63.8 Å². The highest BCUT2D eigenvalue weighted by Gasteiger charge is 2.22. The van der Waals surface area contributed by atoms with Gasteiger partial charge in [-0.1, -0.05) is 24.3 Å². The summed E-state index contributed by atoms with van der Waals surface area (Å²) in [5.74, 6) is 0.218. The Kier molecular flexibility index (Phi) is 8.66. The first-order chi connectivity index (χ1) is 22.9. The number of hydrogen-bond acceptors (Lipinski definition) is 9. The van der Waals surface area contributed by atoms with Gasteiger partial charge in [0.05, 0.1) is 17.1 Å². The third kappa shape index (κ3) is 6.59. The zero-order valence-electron chi connectivity index (χ0n) is 26.4. The summed E-state index contributed by atoms with van der Waals surface area (Å²) < 4.78 is 2.02. The van der Waals surface area contributed by atoms with Crippen LogP contribution in [0.5, 0.6) is 0 Å². The third-order valence-electron chi connectivity index (χ3n) is 8.65. The number of piperidine rings is 1. The normalized spacial score (nSPS) is 14.4. The molecule has 10 nitrogen and oxygen atoms in total. The van der Waals surface area contributed by atoms with Crippen molar-refractivity contribution in [2.45, 2.75) is 24.9 Å². The van der Waals surface area contributed by atoms with E-state index in [4.69, 9.17) is 15.7 Å². The van der Waals surface area contributed by atoms with Crippen molar-refractivity contribution in [1.82, 2.24) is 24.3 Å². The van der Waals surface area contributed by atoms with Crippen molar-refractivity contribution in [3.8, 4) is 22.6 Å². The molecule has 47 heavy (non-hydrogen) atoms. The van der Waals surface area contributed by atoms with Gasteiger partial charge in [-0.2, -0.15) is 0 Å². The molecule has 11 heteroatoms. The molecule has 2 aromatic carbocycles. The number of pyridine rings is 1. The maximum atomic E-state index is 12.9. The minimum atomic E-state index is -0.742. The Labute approximate surface area is 277 Å². The van der Waals surface area contributed by atoms with Gasteiger partial charge < -0.3 is 26.2 Å². The van der Waals surface area contributed by atoms with Crippen molar-refractivity contribution in [2.75, 3.05) is 42.7 Å². The zero-order valence-corrected chi connectivity index (χ0v) is 27.2. The van der Waals surface area contributed by atoms with E-state index in [-0.39, 0.29) is 5.91 Å². The number of imidazole rings is 1. The number of nitrogens with two attached hydrogens (primary N) is 1. The number of carbonyl (C=O) groups excluding carboxylic acids is 1. The van der Waals surface area contributed by atoms with E-state index in [1.807, 2.05) is 76.6 Å². The summed E-state index contributed by atoms with van der Waals surface area (Å²) in [7, 11) is 4.33. The first-order valence-electron chi connectivity index (χ1n) is 15.7. The number of anilines is 4. The maximum Gasteiger partial charge on any atom is 0.246 e. The molecule has 7 rings (SSSR count). The number of aromatic nitrogens is 4. The summed E-state index contributed by atoms with van der Waals surface area (Å²) in [4.78, 5) is 32.9. The molecule has 4 aromatic heterocycles. The highest BCUT2D eigenvalue weighted by Crippen LogP contribution is 2.34. The molecule has 6 aromatic rings. The predicted octanol–water partition coefficient (Wildman–Crippen LogP) is 6.43. The van der Waals surface area contributed by atoms with Crippen LogP contribution in [0.2, 0.25) is 0 Å². The minimum absolute atomic E-state index is 0.270. The average molecular weight is 644 g/mol. The average Bonchev–Trinajstić information content (AvgIpc) is 3.78. The van der Waals surface area contributed by atoms with E-state index in [1.54, 1.807) is 6.20 Å². The van der Waals surface area contributed by atoms with Crippen LogP contribution in [0.1, 0.15) is 23.8 Å². The standard InChI is InChI=1S/C36H37N9OS/c1-43(2)27-16-20-44(21-17-27)28-13-11-25(12-14-28)40-36-38-18-15-29(41-36)34-33(42-31-10-3-4-19-45(31)34)24-7-5-8-26(23-24)39-35(46)32(37)30-9-6-22-47-30/h3-15,18-19,22-23,27,32H,16-17,20-21,37H2,1-2H3,(H,39,46)(H,38,40,41). The number of fused-ring (bicyclic) bond motifs is 1. The van der Waals surface area contributed by atoms with Gasteiger partial charge in [0.1, 0.15) is 11.7 Å². The Balaban J connectivity index is 1.13. The minimum Gasteiger partial charge on any atom is -0.371 e. The molecule has 0 bridgehead atoms. The van der Waals surface area contributed by atoms with Gasteiger partial charge in [-0.25, -0.2) is 15.0 Å². The fourth-order valence-corrected chi connectivity index (χ4v) is 6.80. The van der Waals surface area contributed by atoms with Gasteiger partial charge in [0.2, 0.25) is 11.9 Å². The molecular formula is C36H37N9OS. The molecule has 0 radical (unpaired) electrons. The molecular weight excluding hydrogens is 607 g/mol. The maximum absolute atomic E-state index is 12.9. The van der Waals surface area contributed by atoms with Crippen LogP contribution in [-0.4, -0.2) is 63.4 Å². The lowest BCUT2D eigenvalue weighted by atomic mass is 10.0. The summed E-state index contributed by atoms with van der Waals surface area (Å²) in [6.45, 7) is 2.11. The van der Waals surface area contributed by atoms with E-state index in [0.29, 0.717) is 23.4 Å². The van der Waals surface area contributed by atoms with Crippen LogP contribution in [0, 0.1) is 0 Å². The first kappa shape index (κ1) is 30.5. The smallest absolute Gasteiger partial charge is 0.246 e. The fraction of sp³-hybridized carbons (Fsp3) is 0.222. The zero-order chi connectivity index (χ0) is 32.3. The molecule has 0 spiro atoms. The number of hydrogen-bond donors (Lipinski definition) is 3. The van der Waals surface area contributed by atoms with Crippen molar-refractivity contribution in [2.24, 2.45) is 5.73 Å². The van der Waals surface area contributed by atoms with Crippen LogP contribution < -0.4 is 21.3 Å². The monoisotopic (exact) mass is 643 g/mol. The lowest BCUT2D eigenvalue weighted by Crippen LogP contribution is -2.41. The Morgan fingerprint density at radius 1 is 0.957 bits per heavy atom. The van der Waals surface area contributed by atoms with Gasteiger partial charge in [-0.05, 0) is 93.0 Å². The van der Waals surface area contributed by atoms with E-state index in [1.165, 1.54) is 29.9 Å². The Morgan fingerprint density at radius 3 is 2.55 bits per heavy atom. The molecule has 0 saturated carbocycles. The molecule has 1 amide bonds. The largest absolute Gasteiger partial charge is 0.371 e. The van der Waals surface area contributed by atoms with Crippen molar-refractivity contribution in [3.05, 3.63) is 108 Å². The second-order valence-corrected chi connectivity index (χ2v) is 12.9. The molecule has 1 aliphatic heterocycles. The molecule has 238 valence electrons. The summed E-state index contributed by atoms with van der Waals surface area (Å²) >= 11 is 1.46. The Bertz CT molecular complexity index is 1980. The van der Waals surface area contributed by atoms with Gasteiger partial charge in [-0.3, -0.25) is 9.20 Å². The van der Waals surface area contributed by atoms with Crippen molar-refractivity contribution in [1.29, 1.82) is 0 Å².